The molecule has 0 saturated carbocycles. The van der Waals surface area contributed by atoms with Crippen LogP contribution in [0.2, 0.25) is 0 Å². The minimum Gasteiger partial charge on any atom is -0.489 e. The number of benzene rings is 2. The molecule has 7 heteroatoms. The number of rotatable bonds is 7. The second-order valence-electron chi connectivity index (χ2n) is 6.42. The second kappa shape index (κ2) is 10.1. The van der Waals surface area contributed by atoms with E-state index in [4.69, 9.17) is 9.47 Å². The Morgan fingerprint density at radius 3 is 2.25 bits per heavy atom. The predicted octanol–water partition coefficient (Wildman–Crippen LogP) is 3.05. The van der Waals surface area contributed by atoms with E-state index >= 15 is 0 Å². The molecular weight excluding hydrogens is 360 g/mol. The molecule has 2 rings (SSSR count). The SMILES string of the molecule is CC(C)NC(=O)NC(=O)[C@@H](C)OC(=O)c1ccccc1COc1ccccc1. The van der Waals surface area contributed by atoms with Crippen LogP contribution in [0.3, 0.4) is 0 Å². The fourth-order valence-electron chi connectivity index (χ4n) is 2.31. The monoisotopic (exact) mass is 384 g/mol. The van der Waals surface area contributed by atoms with E-state index in [2.05, 4.69) is 10.6 Å². The van der Waals surface area contributed by atoms with Gasteiger partial charge in [0.25, 0.3) is 5.91 Å². The minimum absolute atomic E-state index is 0.123. The molecule has 0 aliphatic heterocycles. The van der Waals surface area contributed by atoms with Crippen molar-refractivity contribution in [1.29, 1.82) is 0 Å². The fraction of sp³-hybridized carbons (Fsp3) is 0.286. The molecule has 2 N–H and O–H groups in total. The summed E-state index contributed by atoms with van der Waals surface area (Å²) >= 11 is 0. The van der Waals surface area contributed by atoms with Crippen LogP contribution in [0, 0.1) is 0 Å². The highest BCUT2D eigenvalue weighted by Crippen LogP contribution is 2.16. The van der Waals surface area contributed by atoms with Crippen molar-refractivity contribution >= 4 is 17.9 Å². The van der Waals surface area contributed by atoms with Gasteiger partial charge in [0.2, 0.25) is 0 Å². The largest absolute Gasteiger partial charge is 0.489 e. The summed E-state index contributed by atoms with van der Waals surface area (Å²) in [6.07, 6.45) is -1.13. The standard InChI is InChI=1S/C21H24N2O5/c1-14(2)22-21(26)23-19(24)15(3)28-20(25)18-12-8-7-9-16(18)13-27-17-10-5-4-6-11-17/h4-12,14-15H,13H2,1-3H3,(H2,22,23,24,26)/t15-/m1/s1. The van der Waals surface area contributed by atoms with Crippen LogP contribution < -0.4 is 15.4 Å². The van der Waals surface area contributed by atoms with Crippen molar-refractivity contribution in [2.45, 2.75) is 39.5 Å². The highest BCUT2D eigenvalue weighted by atomic mass is 16.5. The van der Waals surface area contributed by atoms with Gasteiger partial charge in [0.1, 0.15) is 12.4 Å². The Balaban J connectivity index is 1.98. The van der Waals surface area contributed by atoms with Crippen LogP contribution in [0.1, 0.15) is 36.7 Å². The Bertz CT molecular complexity index is 821. The average Bonchev–Trinajstić information content (AvgIpc) is 2.66. The van der Waals surface area contributed by atoms with E-state index in [0.29, 0.717) is 16.9 Å². The number of urea groups is 1. The summed E-state index contributed by atoms with van der Waals surface area (Å²) in [5.74, 6) is -0.696. The molecule has 3 amide bonds. The zero-order valence-electron chi connectivity index (χ0n) is 16.1. The number of carbonyl (C=O) groups is 3. The highest BCUT2D eigenvalue weighted by molar-refractivity contribution is 5.98. The van der Waals surface area contributed by atoms with E-state index in [-0.39, 0.29) is 12.6 Å². The van der Waals surface area contributed by atoms with Gasteiger partial charge < -0.3 is 14.8 Å². The predicted molar refractivity (Wildman–Crippen MR) is 104 cm³/mol. The zero-order valence-corrected chi connectivity index (χ0v) is 16.1. The van der Waals surface area contributed by atoms with Gasteiger partial charge in [-0.05, 0) is 39.0 Å². The van der Waals surface area contributed by atoms with Crippen molar-refractivity contribution in [2.75, 3.05) is 0 Å². The average molecular weight is 384 g/mol. The highest BCUT2D eigenvalue weighted by Gasteiger charge is 2.22. The van der Waals surface area contributed by atoms with Crippen molar-refractivity contribution in [3.8, 4) is 5.75 Å². The van der Waals surface area contributed by atoms with Crippen LogP contribution >= 0.6 is 0 Å². The Hall–Kier alpha value is -3.35. The third-order valence-corrected chi connectivity index (χ3v) is 3.68. The molecule has 28 heavy (non-hydrogen) atoms. The first-order valence-electron chi connectivity index (χ1n) is 8.95. The van der Waals surface area contributed by atoms with Gasteiger partial charge in [0.15, 0.2) is 6.10 Å². The number of hydrogen-bond acceptors (Lipinski definition) is 5. The van der Waals surface area contributed by atoms with Crippen molar-refractivity contribution in [1.82, 2.24) is 10.6 Å². The summed E-state index contributed by atoms with van der Waals surface area (Å²) in [6.45, 7) is 5.11. The number of esters is 1. The van der Waals surface area contributed by atoms with E-state index < -0.39 is 24.0 Å². The fourth-order valence-corrected chi connectivity index (χ4v) is 2.31. The molecule has 0 fully saturated rings. The lowest BCUT2D eigenvalue weighted by Gasteiger charge is -2.16. The van der Waals surface area contributed by atoms with Gasteiger partial charge in [0.05, 0.1) is 5.56 Å². The number of amides is 3. The summed E-state index contributed by atoms with van der Waals surface area (Å²) in [5.41, 5.74) is 0.922. The maximum Gasteiger partial charge on any atom is 0.339 e. The van der Waals surface area contributed by atoms with Gasteiger partial charge in [0, 0.05) is 11.6 Å². The number of ether oxygens (including phenoxy) is 2. The lowest BCUT2D eigenvalue weighted by atomic mass is 10.1. The summed E-state index contributed by atoms with van der Waals surface area (Å²) in [4.78, 5) is 36.1. The molecule has 0 spiro atoms. The quantitative estimate of drug-likeness (QED) is 0.716. The van der Waals surface area contributed by atoms with Gasteiger partial charge in [-0.15, -0.1) is 0 Å². The van der Waals surface area contributed by atoms with Crippen LogP contribution in [0.4, 0.5) is 4.79 Å². The first-order chi connectivity index (χ1) is 13.4. The van der Waals surface area contributed by atoms with Gasteiger partial charge in [-0.2, -0.15) is 0 Å². The first-order valence-corrected chi connectivity index (χ1v) is 8.95. The molecule has 0 aliphatic carbocycles. The molecule has 148 valence electrons. The molecular formula is C21H24N2O5. The van der Waals surface area contributed by atoms with Gasteiger partial charge in [-0.3, -0.25) is 10.1 Å². The number of para-hydroxylation sites is 1. The van der Waals surface area contributed by atoms with Crippen molar-refractivity contribution in [3.05, 3.63) is 65.7 Å². The Morgan fingerprint density at radius 2 is 1.57 bits per heavy atom. The lowest BCUT2D eigenvalue weighted by molar-refractivity contribution is -0.127. The van der Waals surface area contributed by atoms with E-state index in [1.807, 2.05) is 30.3 Å². The smallest absolute Gasteiger partial charge is 0.339 e. The van der Waals surface area contributed by atoms with Crippen LogP contribution in [0.25, 0.3) is 0 Å². The summed E-state index contributed by atoms with van der Waals surface area (Å²) in [5, 5.41) is 4.67. The van der Waals surface area contributed by atoms with E-state index in [1.54, 1.807) is 38.1 Å². The third-order valence-electron chi connectivity index (χ3n) is 3.68. The van der Waals surface area contributed by atoms with Crippen LogP contribution in [0.5, 0.6) is 5.75 Å². The lowest BCUT2D eigenvalue weighted by Crippen LogP contribution is -2.46. The second-order valence-corrected chi connectivity index (χ2v) is 6.42. The molecule has 0 aliphatic rings. The number of imide groups is 1. The first kappa shape index (κ1) is 21.0. The van der Waals surface area contributed by atoms with E-state index in [9.17, 15) is 14.4 Å². The van der Waals surface area contributed by atoms with Crippen LogP contribution in [-0.2, 0) is 16.1 Å². The minimum atomic E-state index is -1.13. The van der Waals surface area contributed by atoms with Gasteiger partial charge in [-0.1, -0.05) is 36.4 Å². The normalized spacial score (nSPS) is 11.4. The van der Waals surface area contributed by atoms with E-state index in [0.717, 1.165) is 0 Å². The molecule has 1 atom stereocenters. The molecule has 7 nitrogen and oxygen atoms in total. The summed E-state index contributed by atoms with van der Waals surface area (Å²) < 4.78 is 10.9. The Kier molecular flexibility index (Phi) is 7.56. The molecule has 0 heterocycles. The molecule has 0 bridgehead atoms. The maximum absolute atomic E-state index is 12.5. The zero-order chi connectivity index (χ0) is 20.5. The van der Waals surface area contributed by atoms with Crippen molar-refractivity contribution < 1.29 is 23.9 Å². The Labute approximate surface area is 164 Å². The van der Waals surface area contributed by atoms with Crippen molar-refractivity contribution in [2.24, 2.45) is 0 Å². The number of nitrogens with one attached hydrogen (secondary N) is 2. The summed E-state index contributed by atoms with van der Waals surface area (Å²) in [6, 6.07) is 15.3. The third kappa shape index (κ3) is 6.42. The van der Waals surface area contributed by atoms with E-state index in [1.165, 1.54) is 6.92 Å². The van der Waals surface area contributed by atoms with Crippen molar-refractivity contribution in [3.63, 3.8) is 0 Å². The van der Waals surface area contributed by atoms with Crippen LogP contribution in [-0.4, -0.2) is 30.1 Å². The van der Waals surface area contributed by atoms with Crippen LogP contribution in [0.15, 0.2) is 54.6 Å². The summed E-state index contributed by atoms with van der Waals surface area (Å²) in [7, 11) is 0. The van der Waals surface area contributed by atoms with Gasteiger partial charge >= 0.3 is 12.0 Å². The Morgan fingerprint density at radius 1 is 0.929 bits per heavy atom. The van der Waals surface area contributed by atoms with Gasteiger partial charge in [-0.25, -0.2) is 9.59 Å². The molecule has 0 radical (unpaired) electrons. The molecule has 0 aromatic heterocycles. The molecule has 2 aromatic carbocycles. The number of carbonyl (C=O) groups excluding carboxylic acids is 3. The number of hydrogen-bond donors (Lipinski definition) is 2. The topological polar surface area (TPSA) is 93.7 Å². The maximum atomic E-state index is 12.5. The molecule has 2 aromatic rings. The molecule has 0 saturated heterocycles. The molecule has 0 unspecified atom stereocenters.